The Morgan fingerprint density at radius 1 is 1.27 bits per heavy atom. The molecule has 0 aromatic heterocycles. The first-order valence-corrected chi connectivity index (χ1v) is 6.47. The smallest absolute Gasteiger partial charge is 0.0150 e. The van der Waals surface area contributed by atoms with Gasteiger partial charge in [-0.05, 0) is 53.1 Å². The lowest BCUT2D eigenvalue weighted by Crippen LogP contribution is -2.46. The van der Waals surface area contributed by atoms with Crippen molar-refractivity contribution in [2.24, 2.45) is 0 Å². The first-order valence-electron chi connectivity index (χ1n) is 6.47. The molecular weight excluding hydrogens is 184 g/mol. The van der Waals surface area contributed by atoms with Gasteiger partial charge in [-0.3, -0.25) is 4.90 Å². The summed E-state index contributed by atoms with van der Waals surface area (Å²) in [7, 11) is 2.29. The first kappa shape index (κ1) is 13.0. The van der Waals surface area contributed by atoms with Crippen molar-refractivity contribution in [3.63, 3.8) is 0 Å². The van der Waals surface area contributed by atoms with Crippen LogP contribution in [0.2, 0.25) is 0 Å². The highest BCUT2D eigenvalue weighted by molar-refractivity contribution is 4.90. The molecule has 1 N–H and O–H groups in total. The Morgan fingerprint density at radius 3 is 2.47 bits per heavy atom. The molecule has 90 valence electrons. The largest absolute Gasteiger partial charge is 0.314 e. The molecule has 2 nitrogen and oxygen atoms in total. The lowest BCUT2D eigenvalue weighted by atomic mass is 9.97. The van der Waals surface area contributed by atoms with Crippen LogP contribution in [-0.4, -0.2) is 36.1 Å². The van der Waals surface area contributed by atoms with Gasteiger partial charge in [0.2, 0.25) is 0 Å². The monoisotopic (exact) mass is 212 g/mol. The predicted octanol–water partition coefficient (Wildman–Crippen LogP) is 2.64. The van der Waals surface area contributed by atoms with Gasteiger partial charge in [-0.25, -0.2) is 0 Å². The van der Waals surface area contributed by atoms with Crippen molar-refractivity contribution in [1.29, 1.82) is 0 Å². The molecule has 2 atom stereocenters. The van der Waals surface area contributed by atoms with Crippen LogP contribution in [-0.2, 0) is 0 Å². The lowest BCUT2D eigenvalue weighted by molar-refractivity contribution is 0.0984. The van der Waals surface area contributed by atoms with E-state index in [1.807, 2.05) is 0 Å². The highest BCUT2D eigenvalue weighted by Crippen LogP contribution is 2.29. The molecule has 1 aliphatic carbocycles. The van der Waals surface area contributed by atoms with E-state index in [-0.39, 0.29) is 0 Å². The van der Waals surface area contributed by atoms with Crippen molar-refractivity contribution in [1.82, 2.24) is 10.2 Å². The van der Waals surface area contributed by atoms with Crippen LogP contribution in [0, 0.1) is 0 Å². The number of hydrogen-bond acceptors (Lipinski definition) is 2. The third-order valence-electron chi connectivity index (χ3n) is 4.27. The van der Waals surface area contributed by atoms with Crippen LogP contribution in [0.1, 0.15) is 53.4 Å². The molecule has 0 radical (unpaired) electrons. The first-order chi connectivity index (χ1) is 7.01. The molecular formula is C13H28N2. The van der Waals surface area contributed by atoms with E-state index >= 15 is 0 Å². The Labute approximate surface area is 95.4 Å². The van der Waals surface area contributed by atoms with Crippen LogP contribution < -0.4 is 5.32 Å². The van der Waals surface area contributed by atoms with Crippen molar-refractivity contribution >= 4 is 0 Å². The fourth-order valence-electron chi connectivity index (χ4n) is 2.53. The van der Waals surface area contributed by atoms with Gasteiger partial charge in [0.1, 0.15) is 0 Å². The molecule has 1 aliphatic rings. The Kier molecular flexibility index (Phi) is 4.60. The summed E-state index contributed by atoms with van der Waals surface area (Å²) < 4.78 is 0. The summed E-state index contributed by atoms with van der Waals surface area (Å²) in [5, 5.41) is 3.57. The molecule has 1 rings (SSSR count). The van der Waals surface area contributed by atoms with Gasteiger partial charge in [0.05, 0.1) is 0 Å². The Bertz CT molecular complexity index is 189. The third kappa shape index (κ3) is 3.18. The normalized spacial score (nSPS) is 27.6. The minimum Gasteiger partial charge on any atom is -0.314 e. The zero-order chi connectivity index (χ0) is 11.5. The molecule has 0 heterocycles. The van der Waals surface area contributed by atoms with Gasteiger partial charge in [0.15, 0.2) is 0 Å². The van der Waals surface area contributed by atoms with Gasteiger partial charge in [-0.1, -0.05) is 13.8 Å². The van der Waals surface area contributed by atoms with Gasteiger partial charge in [0.25, 0.3) is 0 Å². The zero-order valence-corrected chi connectivity index (χ0v) is 11.1. The highest BCUT2D eigenvalue weighted by atomic mass is 15.2. The highest BCUT2D eigenvalue weighted by Gasteiger charge is 2.33. The summed E-state index contributed by atoms with van der Waals surface area (Å²) in [6, 6.07) is 1.54. The molecule has 0 aromatic carbocycles. The van der Waals surface area contributed by atoms with Gasteiger partial charge in [-0.2, -0.15) is 0 Å². The van der Waals surface area contributed by atoms with Crippen LogP contribution >= 0.6 is 0 Å². The van der Waals surface area contributed by atoms with Crippen LogP contribution in [0.4, 0.5) is 0 Å². The molecule has 0 amide bonds. The molecule has 0 aliphatic heterocycles. The van der Waals surface area contributed by atoms with Crippen molar-refractivity contribution in [3.8, 4) is 0 Å². The minimum atomic E-state index is 0.353. The quantitative estimate of drug-likeness (QED) is 0.753. The van der Waals surface area contributed by atoms with Crippen LogP contribution in [0.25, 0.3) is 0 Å². The number of nitrogens with one attached hydrogen (secondary N) is 1. The molecule has 0 bridgehead atoms. The zero-order valence-electron chi connectivity index (χ0n) is 11.1. The Morgan fingerprint density at radius 2 is 1.93 bits per heavy atom. The summed E-state index contributed by atoms with van der Waals surface area (Å²) in [5.74, 6) is 0. The summed E-state index contributed by atoms with van der Waals surface area (Å²) in [5.41, 5.74) is 0.353. The summed E-state index contributed by atoms with van der Waals surface area (Å²) in [6.45, 7) is 10.3. The molecule has 2 heteroatoms. The number of rotatable bonds is 5. The second-order valence-corrected chi connectivity index (χ2v) is 5.50. The molecule has 15 heavy (non-hydrogen) atoms. The van der Waals surface area contributed by atoms with E-state index in [1.165, 1.54) is 25.7 Å². The van der Waals surface area contributed by atoms with Crippen molar-refractivity contribution in [3.05, 3.63) is 0 Å². The van der Waals surface area contributed by atoms with Gasteiger partial charge < -0.3 is 5.32 Å². The third-order valence-corrected chi connectivity index (χ3v) is 4.27. The average molecular weight is 212 g/mol. The van der Waals surface area contributed by atoms with E-state index in [1.54, 1.807) is 0 Å². The topological polar surface area (TPSA) is 15.3 Å². The van der Waals surface area contributed by atoms with Crippen molar-refractivity contribution < 1.29 is 0 Å². The van der Waals surface area contributed by atoms with E-state index in [9.17, 15) is 0 Å². The number of nitrogens with zero attached hydrogens (tertiary/aromatic N) is 1. The SMILES string of the molecule is CCNC1CCC(N(C)C(C)(C)CC)C1. The van der Waals surface area contributed by atoms with Gasteiger partial charge in [-0.15, -0.1) is 0 Å². The molecule has 1 fully saturated rings. The van der Waals surface area contributed by atoms with Crippen LogP contribution in [0.5, 0.6) is 0 Å². The summed E-state index contributed by atoms with van der Waals surface area (Å²) >= 11 is 0. The van der Waals surface area contributed by atoms with Crippen LogP contribution in [0.15, 0.2) is 0 Å². The maximum atomic E-state index is 3.57. The number of hydrogen-bond donors (Lipinski definition) is 1. The molecule has 2 unspecified atom stereocenters. The molecule has 1 saturated carbocycles. The van der Waals surface area contributed by atoms with Crippen molar-refractivity contribution in [2.75, 3.05) is 13.6 Å². The molecule has 0 saturated heterocycles. The van der Waals surface area contributed by atoms with Gasteiger partial charge in [0, 0.05) is 17.6 Å². The minimum absolute atomic E-state index is 0.353. The van der Waals surface area contributed by atoms with E-state index < -0.39 is 0 Å². The summed E-state index contributed by atoms with van der Waals surface area (Å²) in [4.78, 5) is 2.59. The van der Waals surface area contributed by atoms with E-state index in [0.717, 1.165) is 18.6 Å². The predicted molar refractivity (Wildman–Crippen MR) is 67.2 cm³/mol. The Balaban J connectivity index is 2.46. The molecule has 0 spiro atoms. The van der Waals surface area contributed by atoms with Gasteiger partial charge >= 0.3 is 0 Å². The summed E-state index contributed by atoms with van der Waals surface area (Å²) in [6.07, 6.45) is 5.26. The lowest BCUT2D eigenvalue weighted by Gasteiger charge is -2.39. The van der Waals surface area contributed by atoms with E-state index in [4.69, 9.17) is 0 Å². The fraction of sp³-hybridized carbons (Fsp3) is 1.00. The van der Waals surface area contributed by atoms with Crippen molar-refractivity contribution in [2.45, 2.75) is 71.0 Å². The Hall–Kier alpha value is -0.0800. The standard InChI is InChI=1S/C13H28N2/c1-6-13(3,4)15(5)12-9-8-11(10-12)14-7-2/h11-12,14H,6-10H2,1-5H3. The van der Waals surface area contributed by atoms with E-state index in [2.05, 4.69) is 45.0 Å². The fourth-order valence-corrected chi connectivity index (χ4v) is 2.53. The second kappa shape index (κ2) is 5.31. The second-order valence-electron chi connectivity index (χ2n) is 5.50. The molecule has 0 aromatic rings. The maximum absolute atomic E-state index is 3.57. The van der Waals surface area contributed by atoms with E-state index in [0.29, 0.717) is 5.54 Å². The maximum Gasteiger partial charge on any atom is 0.0150 e. The average Bonchev–Trinajstić information content (AvgIpc) is 2.66. The van der Waals surface area contributed by atoms with Crippen LogP contribution in [0.3, 0.4) is 0 Å².